The Labute approximate surface area is 122 Å². The van der Waals surface area contributed by atoms with Crippen LogP contribution >= 0.6 is 11.6 Å². The molecule has 1 aliphatic heterocycles. The van der Waals surface area contributed by atoms with Gasteiger partial charge in [-0.3, -0.25) is 4.90 Å². The average molecular weight is 292 g/mol. The van der Waals surface area contributed by atoms with Crippen molar-refractivity contribution in [3.05, 3.63) is 35.2 Å². The monoisotopic (exact) mass is 291 g/mol. The fraction of sp³-hybridized carbons (Fsp3) is 0.429. The van der Waals surface area contributed by atoms with E-state index in [1.807, 2.05) is 24.3 Å². The zero-order valence-corrected chi connectivity index (χ0v) is 12.0. The van der Waals surface area contributed by atoms with E-state index in [-0.39, 0.29) is 6.04 Å². The molecule has 1 unspecified atom stereocenters. The van der Waals surface area contributed by atoms with Crippen molar-refractivity contribution in [3.63, 3.8) is 0 Å². The third-order valence-corrected chi connectivity index (χ3v) is 3.79. The van der Waals surface area contributed by atoms with Gasteiger partial charge in [-0.1, -0.05) is 16.8 Å². The summed E-state index contributed by atoms with van der Waals surface area (Å²) in [5.74, 6) is 1.25. The summed E-state index contributed by atoms with van der Waals surface area (Å²) in [5, 5.41) is 9.09. The number of benzene rings is 1. The summed E-state index contributed by atoms with van der Waals surface area (Å²) in [6.45, 7) is 5.73. The minimum absolute atomic E-state index is 0.124. The lowest BCUT2D eigenvalue weighted by Crippen LogP contribution is -2.41. The van der Waals surface area contributed by atoms with Crippen molar-refractivity contribution in [2.75, 3.05) is 26.2 Å². The number of halogens is 1. The van der Waals surface area contributed by atoms with Gasteiger partial charge in [-0.2, -0.15) is 4.98 Å². The summed E-state index contributed by atoms with van der Waals surface area (Å²) in [7, 11) is 0. The molecule has 1 aliphatic rings. The van der Waals surface area contributed by atoms with Crippen molar-refractivity contribution in [2.45, 2.75) is 13.0 Å². The van der Waals surface area contributed by atoms with E-state index < -0.39 is 0 Å². The predicted molar refractivity (Wildman–Crippen MR) is 76.6 cm³/mol. The molecule has 20 heavy (non-hydrogen) atoms. The highest BCUT2D eigenvalue weighted by atomic mass is 35.5. The van der Waals surface area contributed by atoms with Crippen molar-refractivity contribution < 1.29 is 4.52 Å². The Morgan fingerprint density at radius 3 is 2.60 bits per heavy atom. The molecule has 0 spiro atoms. The smallest absolute Gasteiger partial charge is 0.244 e. The van der Waals surface area contributed by atoms with Crippen LogP contribution in [0.15, 0.2) is 28.8 Å². The molecule has 0 amide bonds. The Bertz CT molecular complexity index is 563. The van der Waals surface area contributed by atoms with Crippen LogP contribution in [0.1, 0.15) is 18.9 Å². The number of nitrogens with zero attached hydrogens (tertiary/aromatic N) is 4. The maximum Gasteiger partial charge on any atom is 0.244 e. The van der Waals surface area contributed by atoms with Crippen LogP contribution < -0.4 is 5.32 Å². The van der Waals surface area contributed by atoms with Gasteiger partial charge in [0.1, 0.15) is 0 Å². The van der Waals surface area contributed by atoms with Gasteiger partial charge in [0, 0.05) is 36.8 Å². The number of rotatable bonds is 3. The number of hydrogen-bond acceptors (Lipinski definition) is 4. The summed E-state index contributed by atoms with van der Waals surface area (Å²) in [6.07, 6.45) is 0. The normalized spacial score (nSPS) is 18.1. The lowest BCUT2D eigenvalue weighted by molar-refractivity contribution is 0.153. The minimum Gasteiger partial charge on any atom is -0.337 e. The minimum atomic E-state index is 0.124. The highest BCUT2D eigenvalue weighted by molar-refractivity contribution is 6.30. The molecule has 3 rings (SSSR count). The molecular formula is C14H16ClN4O. The molecular weight excluding hydrogens is 276 g/mol. The van der Waals surface area contributed by atoms with E-state index in [9.17, 15) is 0 Å². The van der Waals surface area contributed by atoms with E-state index in [0.717, 1.165) is 31.7 Å². The van der Waals surface area contributed by atoms with Gasteiger partial charge in [-0.25, -0.2) is 5.32 Å². The molecule has 1 saturated heterocycles. The number of piperazine rings is 1. The third kappa shape index (κ3) is 2.85. The molecule has 0 aliphatic carbocycles. The summed E-state index contributed by atoms with van der Waals surface area (Å²) in [4.78, 5) is 6.80. The maximum atomic E-state index is 5.88. The first kappa shape index (κ1) is 13.5. The largest absolute Gasteiger partial charge is 0.337 e. The lowest BCUT2D eigenvalue weighted by atomic mass is 10.2. The molecule has 2 aromatic rings. The Hall–Kier alpha value is -1.43. The zero-order valence-electron chi connectivity index (χ0n) is 11.3. The number of aromatic nitrogens is 2. The molecule has 1 atom stereocenters. The van der Waals surface area contributed by atoms with Gasteiger partial charge in [0.2, 0.25) is 11.7 Å². The molecule has 0 bridgehead atoms. The summed E-state index contributed by atoms with van der Waals surface area (Å²) < 4.78 is 5.40. The van der Waals surface area contributed by atoms with Crippen molar-refractivity contribution in [1.29, 1.82) is 0 Å². The maximum absolute atomic E-state index is 5.88. The van der Waals surface area contributed by atoms with Crippen molar-refractivity contribution in [1.82, 2.24) is 20.4 Å². The van der Waals surface area contributed by atoms with Crippen LogP contribution in [0.25, 0.3) is 11.4 Å². The lowest BCUT2D eigenvalue weighted by Gasteiger charge is -2.29. The highest BCUT2D eigenvalue weighted by Gasteiger charge is 2.23. The predicted octanol–water partition coefficient (Wildman–Crippen LogP) is 2.37. The molecule has 0 N–H and O–H groups in total. The molecule has 2 heterocycles. The van der Waals surface area contributed by atoms with Crippen LogP contribution in [-0.4, -0.2) is 41.2 Å². The van der Waals surface area contributed by atoms with E-state index in [0.29, 0.717) is 16.7 Å². The van der Waals surface area contributed by atoms with Gasteiger partial charge in [0.25, 0.3) is 0 Å². The summed E-state index contributed by atoms with van der Waals surface area (Å²) in [5.41, 5.74) is 0.908. The van der Waals surface area contributed by atoms with Gasteiger partial charge in [0.05, 0.1) is 6.04 Å². The molecule has 5 nitrogen and oxygen atoms in total. The van der Waals surface area contributed by atoms with Gasteiger partial charge in [-0.15, -0.1) is 0 Å². The van der Waals surface area contributed by atoms with E-state index in [1.165, 1.54) is 0 Å². The summed E-state index contributed by atoms with van der Waals surface area (Å²) in [6, 6.07) is 7.55. The van der Waals surface area contributed by atoms with Crippen molar-refractivity contribution in [2.24, 2.45) is 0 Å². The molecule has 1 aromatic carbocycles. The van der Waals surface area contributed by atoms with Gasteiger partial charge >= 0.3 is 0 Å². The van der Waals surface area contributed by atoms with Gasteiger partial charge in [-0.05, 0) is 31.2 Å². The first-order valence-corrected chi connectivity index (χ1v) is 7.08. The zero-order chi connectivity index (χ0) is 13.9. The SMILES string of the molecule is CC(c1nc(-c2ccc(Cl)cc2)no1)N1CC[N]CC1. The summed E-state index contributed by atoms with van der Waals surface area (Å²) >= 11 is 5.88. The van der Waals surface area contributed by atoms with Crippen LogP contribution in [0.3, 0.4) is 0 Å². The Balaban J connectivity index is 1.77. The van der Waals surface area contributed by atoms with E-state index in [1.54, 1.807) is 0 Å². The molecule has 105 valence electrons. The Kier molecular flexibility index (Phi) is 4.00. The second-order valence-electron chi connectivity index (χ2n) is 4.85. The standard InChI is InChI=1S/C14H16ClN4O/c1-10(19-8-6-16-7-9-19)14-17-13(18-20-14)11-2-4-12(15)5-3-11/h2-5,10H,6-9H2,1H3. The van der Waals surface area contributed by atoms with E-state index >= 15 is 0 Å². The molecule has 6 heteroatoms. The van der Waals surface area contributed by atoms with Crippen LogP contribution in [0.5, 0.6) is 0 Å². The van der Waals surface area contributed by atoms with Crippen LogP contribution in [0, 0.1) is 0 Å². The van der Waals surface area contributed by atoms with Crippen LogP contribution in [0.4, 0.5) is 0 Å². The van der Waals surface area contributed by atoms with Crippen molar-refractivity contribution in [3.8, 4) is 11.4 Å². The molecule has 1 radical (unpaired) electrons. The van der Waals surface area contributed by atoms with E-state index in [4.69, 9.17) is 16.1 Å². The Morgan fingerprint density at radius 2 is 1.90 bits per heavy atom. The average Bonchev–Trinajstić information content (AvgIpc) is 2.98. The molecule has 1 aromatic heterocycles. The fourth-order valence-corrected chi connectivity index (χ4v) is 2.41. The van der Waals surface area contributed by atoms with Crippen molar-refractivity contribution >= 4 is 11.6 Å². The van der Waals surface area contributed by atoms with Gasteiger partial charge in [0.15, 0.2) is 0 Å². The Morgan fingerprint density at radius 1 is 1.20 bits per heavy atom. The topological polar surface area (TPSA) is 56.3 Å². The molecule has 1 fully saturated rings. The second-order valence-corrected chi connectivity index (χ2v) is 5.28. The van der Waals surface area contributed by atoms with Crippen LogP contribution in [0.2, 0.25) is 5.02 Å². The van der Waals surface area contributed by atoms with Gasteiger partial charge < -0.3 is 4.52 Å². The highest BCUT2D eigenvalue weighted by Crippen LogP contribution is 2.23. The third-order valence-electron chi connectivity index (χ3n) is 3.54. The van der Waals surface area contributed by atoms with Crippen LogP contribution in [-0.2, 0) is 0 Å². The fourth-order valence-electron chi connectivity index (χ4n) is 2.29. The quantitative estimate of drug-likeness (QED) is 0.871. The second kappa shape index (κ2) is 5.91. The molecule has 0 saturated carbocycles. The number of hydrogen-bond donors (Lipinski definition) is 0. The first-order chi connectivity index (χ1) is 9.74. The first-order valence-electron chi connectivity index (χ1n) is 6.71. The van der Waals surface area contributed by atoms with E-state index in [2.05, 4.69) is 27.3 Å².